The molecule has 1 aliphatic rings. The number of anilines is 1. The third kappa shape index (κ3) is 3.23. The number of hydrogen-bond acceptors (Lipinski definition) is 5. The van der Waals surface area contributed by atoms with Crippen molar-refractivity contribution in [2.45, 2.75) is 19.4 Å². The Morgan fingerprint density at radius 3 is 2.68 bits per heavy atom. The standard InChI is InChI=1S/C16H18N2O4/c1-3-9-17-13-10-14(19)18(15(13)20)12-7-5-11(6-8-12)16(21)22-4-2/h3,5-8,13,17H,1,4,9-10H2,2H3. The van der Waals surface area contributed by atoms with Crippen molar-refractivity contribution < 1.29 is 19.1 Å². The molecule has 116 valence electrons. The van der Waals surface area contributed by atoms with E-state index < -0.39 is 12.0 Å². The zero-order chi connectivity index (χ0) is 16.1. The molecule has 1 heterocycles. The maximum absolute atomic E-state index is 12.3. The molecule has 1 unspecified atom stereocenters. The van der Waals surface area contributed by atoms with Crippen LogP contribution < -0.4 is 10.2 Å². The zero-order valence-electron chi connectivity index (χ0n) is 12.4. The van der Waals surface area contributed by atoms with Crippen LogP contribution in [0.4, 0.5) is 5.69 Å². The van der Waals surface area contributed by atoms with Crippen LogP contribution in [0.5, 0.6) is 0 Å². The first-order valence-electron chi connectivity index (χ1n) is 7.06. The van der Waals surface area contributed by atoms with Gasteiger partial charge in [0.15, 0.2) is 0 Å². The molecule has 6 heteroatoms. The monoisotopic (exact) mass is 302 g/mol. The summed E-state index contributed by atoms with van der Waals surface area (Å²) in [6.45, 7) is 6.04. The molecule has 1 N–H and O–H groups in total. The molecule has 0 aromatic heterocycles. The van der Waals surface area contributed by atoms with Gasteiger partial charge in [0.2, 0.25) is 5.91 Å². The van der Waals surface area contributed by atoms with Gasteiger partial charge in [0.25, 0.3) is 5.91 Å². The van der Waals surface area contributed by atoms with Gasteiger partial charge < -0.3 is 10.1 Å². The summed E-state index contributed by atoms with van der Waals surface area (Å²) in [6, 6.07) is 5.68. The van der Waals surface area contributed by atoms with Crippen molar-refractivity contribution in [1.29, 1.82) is 0 Å². The Morgan fingerprint density at radius 2 is 2.09 bits per heavy atom. The van der Waals surface area contributed by atoms with Crippen molar-refractivity contribution in [3.63, 3.8) is 0 Å². The summed E-state index contributed by atoms with van der Waals surface area (Å²) in [5.41, 5.74) is 0.831. The van der Waals surface area contributed by atoms with Crippen LogP contribution in [0, 0.1) is 0 Å². The highest BCUT2D eigenvalue weighted by atomic mass is 16.5. The Balaban J connectivity index is 2.14. The summed E-state index contributed by atoms with van der Waals surface area (Å²) in [4.78, 5) is 37.0. The lowest BCUT2D eigenvalue weighted by Gasteiger charge is -2.15. The number of ether oxygens (including phenoxy) is 1. The third-order valence-electron chi connectivity index (χ3n) is 3.29. The number of rotatable bonds is 6. The van der Waals surface area contributed by atoms with Crippen molar-refractivity contribution in [3.8, 4) is 0 Å². The second-order valence-corrected chi connectivity index (χ2v) is 4.79. The van der Waals surface area contributed by atoms with Crippen molar-refractivity contribution in [1.82, 2.24) is 5.32 Å². The number of carbonyl (C=O) groups excluding carboxylic acids is 3. The normalized spacial score (nSPS) is 17.7. The van der Waals surface area contributed by atoms with Gasteiger partial charge in [-0.2, -0.15) is 0 Å². The van der Waals surface area contributed by atoms with E-state index in [0.717, 1.165) is 4.90 Å². The maximum Gasteiger partial charge on any atom is 0.338 e. The Kier molecular flexibility index (Phi) is 5.06. The minimum atomic E-state index is -0.532. The largest absolute Gasteiger partial charge is 0.462 e. The molecule has 0 bridgehead atoms. The number of carbonyl (C=O) groups is 3. The number of imide groups is 1. The second kappa shape index (κ2) is 7.00. The minimum absolute atomic E-state index is 0.117. The first-order valence-corrected chi connectivity index (χ1v) is 7.06. The molecule has 6 nitrogen and oxygen atoms in total. The molecule has 1 saturated heterocycles. The summed E-state index contributed by atoms with van der Waals surface area (Å²) in [7, 11) is 0. The summed E-state index contributed by atoms with van der Waals surface area (Å²) in [5.74, 6) is -0.996. The number of benzene rings is 1. The van der Waals surface area contributed by atoms with Crippen molar-refractivity contribution in [3.05, 3.63) is 42.5 Å². The van der Waals surface area contributed by atoms with Crippen LogP contribution in [0.3, 0.4) is 0 Å². The quantitative estimate of drug-likeness (QED) is 0.486. The fourth-order valence-corrected chi connectivity index (χ4v) is 2.25. The fourth-order valence-electron chi connectivity index (χ4n) is 2.25. The van der Waals surface area contributed by atoms with E-state index in [0.29, 0.717) is 24.4 Å². The molecular formula is C16H18N2O4. The highest BCUT2D eigenvalue weighted by Crippen LogP contribution is 2.23. The second-order valence-electron chi connectivity index (χ2n) is 4.79. The number of esters is 1. The van der Waals surface area contributed by atoms with E-state index in [9.17, 15) is 14.4 Å². The molecular weight excluding hydrogens is 284 g/mol. The predicted molar refractivity (Wildman–Crippen MR) is 81.5 cm³/mol. The van der Waals surface area contributed by atoms with Crippen molar-refractivity contribution >= 4 is 23.5 Å². The average molecular weight is 302 g/mol. The Labute approximate surface area is 128 Å². The molecule has 2 rings (SSSR count). The minimum Gasteiger partial charge on any atom is -0.462 e. The van der Waals surface area contributed by atoms with Crippen LogP contribution in [0.2, 0.25) is 0 Å². The maximum atomic E-state index is 12.3. The number of hydrogen-bond donors (Lipinski definition) is 1. The topological polar surface area (TPSA) is 75.7 Å². The third-order valence-corrected chi connectivity index (χ3v) is 3.29. The van der Waals surface area contributed by atoms with E-state index in [2.05, 4.69) is 11.9 Å². The molecule has 1 aliphatic heterocycles. The van der Waals surface area contributed by atoms with Gasteiger partial charge >= 0.3 is 5.97 Å². The van der Waals surface area contributed by atoms with Gasteiger partial charge in [0, 0.05) is 6.54 Å². The predicted octanol–water partition coefficient (Wildman–Crippen LogP) is 1.27. The first-order chi connectivity index (χ1) is 10.6. The number of amides is 2. The van der Waals surface area contributed by atoms with Crippen molar-refractivity contribution in [2.24, 2.45) is 0 Å². The van der Waals surface area contributed by atoms with E-state index >= 15 is 0 Å². The first kappa shape index (κ1) is 15.9. The van der Waals surface area contributed by atoms with E-state index in [1.807, 2.05) is 0 Å². The van der Waals surface area contributed by atoms with Crippen LogP contribution in [0.15, 0.2) is 36.9 Å². The summed E-state index contributed by atoms with van der Waals surface area (Å²) in [5, 5.41) is 2.95. The molecule has 1 aromatic rings. The molecule has 1 fully saturated rings. The zero-order valence-corrected chi connectivity index (χ0v) is 12.4. The van der Waals surface area contributed by atoms with Crippen molar-refractivity contribution in [2.75, 3.05) is 18.1 Å². The molecule has 2 amide bonds. The summed E-state index contributed by atoms with van der Waals surface area (Å²) >= 11 is 0. The smallest absolute Gasteiger partial charge is 0.338 e. The molecule has 22 heavy (non-hydrogen) atoms. The van der Waals surface area contributed by atoms with Gasteiger partial charge in [0.05, 0.1) is 30.3 Å². The molecule has 0 saturated carbocycles. The Bertz CT molecular complexity index is 595. The molecule has 0 radical (unpaired) electrons. The Hall–Kier alpha value is -2.47. The van der Waals surface area contributed by atoms with Gasteiger partial charge in [-0.3, -0.25) is 9.59 Å². The lowest BCUT2D eigenvalue weighted by Crippen LogP contribution is -2.38. The molecule has 1 atom stereocenters. The molecule has 0 spiro atoms. The SMILES string of the molecule is C=CCNC1CC(=O)N(c2ccc(C(=O)OCC)cc2)C1=O. The average Bonchev–Trinajstić information content (AvgIpc) is 2.80. The highest BCUT2D eigenvalue weighted by molar-refractivity contribution is 6.22. The Morgan fingerprint density at radius 1 is 1.41 bits per heavy atom. The number of nitrogens with one attached hydrogen (secondary N) is 1. The van der Waals surface area contributed by atoms with Gasteiger partial charge in [-0.15, -0.1) is 6.58 Å². The van der Waals surface area contributed by atoms with Crippen LogP contribution in [-0.4, -0.2) is 37.0 Å². The highest BCUT2D eigenvalue weighted by Gasteiger charge is 2.38. The lowest BCUT2D eigenvalue weighted by atomic mass is 10.2. The van der Waals surface area contributed by atoms with Gasteiger partial charge in [-0.25, -0.2) is 9.69 Å². The summed E-state index contributed by atoms with van der Waals surface area (Å²) < 4.78 is 4.89. The van der Waals surface area contributed by atoms with E-state index in [-0.39, 0.29) is 18.2 Å². The lowest BCUT2D eigenvalue weighted by molar-refractivity contribution is -0.121. The molecule has 0 aliphatic carbocycles. The van der Waals surface area contributed by atoms with E-state index in [4.69, 9.17) is 4.74 Å². The van der Waals surface area contributed by atoms with Gasteiger partial charge in [-0.05, 0) is 31.2 Å². The van der Waals surface area contributed by atoms with Gasteiger partial charge in [0.1, 0.15) is 0 Å². The van der Waals surface area contributed by atoms with Gasteiger partial charge in [-0.1, -0.05) is 6.08 Å². The fraction of sp³-hybridized carbons (Fsp3) is 0.312. The van der Waals surface area contributed by atoms with Crippen LogP contribution in [0.1, 0.15) is 23.7 Å². The van der Waals surface area contributed by atoms with Crippen LogP contribution in [-0.2, 0) is 14.3 Å². The van der Waals surface area contributed by atoms with E-state index in [1.54, 1.807) is 37.3 Å². The van der Waals surface area contributed by atoms with Crippen LogP contribution >= 0.6 is 0 Å². The van der Waals surface area contributed by atoms with E-state index in [1.165, 1.54) is 0 Å². The summed E-state index contributed by atoms with van der Waals surface area (Å²) in [6.07, 6.45) is 1.75. The van der Waals surface area contributed by atoms with Crippen LogP contribution in [0.25, 0.3) is 0 Å². The molecule has 1 aromatic carbocycles. The number of nitrogens with zero attached hydrogens (tertiary/aromatic N) is 1.